The summed E-state index contributed by atoms with van der Waals surface area (Å²) in [5.74, 6) is 1.54. The Hall–Kier alpha value is -2.50. The van der Waals surface area contributed by atoms with Crippen molar-refractivity contribution in [1.82, 2.24) is 9.97 Å². The van der Waals surface area contributed by atoms with E-state index in [1.165, 1.54) is 0 Å². The van der Waals surface area contributed by atoms with Crippen molar-refractivity contribution < 1.29 is 4.74 Å². The highest BCUT2D eigenvalue weighted by atomic mass is 16.5. The van der Waals surface area contributed by atoms with Crippen LogP contribution in [0.3, 0.4) is 0 Å². The van der Waals surface area contributed by atoms with Gasteiger partial charge < -0.3 is 21.1 Å². The Kier molecular flexibility index (Phi) is 2.63. The molecule has 1 aliphatic heterocycles. The van der Waals surface area contributed by atoms with Crippen molar-refractivity contribution in [3.63, 3.8) is 0 Å². The number of nitrogen functional groups attached to an aromatic ring is 2. The van der Waals surface area contributed by atoms with Crippen molar-refractivity contribution in [1.29, 1.82) is 0 Å². The Morgan fingerprint density at radius 1 is 1.11 bits per heavy atom. The molecule has 0 unspecified atom stereocenters. The molecular formula is C13H15N5O. The zero-order chi connectivity index (χ0) is 13.4. The molecule has 98 valence electrons. The quantitative estimate of drug-likeness (QED) is 0.839. The zero-order valence-corrected chi connectivity index (χ0v) is 10.6. The predicted molar refractivity (Wildman–Crippen MR) is 73.7 cm³/mol. The smallest absolute Gasteiger partial charge is 0.222 e. The first kappa shape index (κ1) is 11.6. The second kappa shape index (κ2) is 4.31. The van der Waals surface area contributed by atoms with Gasteiger partial charge in [0.1, 0.15) is 11.6 Å². The van der Waals surface area contributed by atoms with E-state index in [1.807, 2.05) is 24.3 Å². The van der Waals surface area contributed by atoms with E-state index in [0.29, 0.717) is 18.9 Å². The van der Waals surface area contributed by atoms with Crippen LogP contribution in [0.4, 0.5) is 17.5 Å². The molecule has 0 radical (unpaired) electrons. The average molecular weight is 257 g/mol. The number of anilines is 3. The average Bonchev–Trinajstić information content (AvgIpc) is 2.83. The molecule has 0 spiro atoms. The van der Waals surface area contributed by atoms with Crippen LogP contribution in [0.15, 0.2) is 24.3 Å². The molecule has 0 atom stereocenters. The second-order valence-corrected chi connectivity index (χ2v) is 4.45. The Balaban J connectivity index is 1.88. The van der Waals surface area contributed by atoms with Gasteiger partial charge in [-0.3, -0.25) is 0 Å². The number of hydrogen-bond acceptors (Lipinski definition) is 6. The van der Waals surface area contributed by atoms with E-state index in [0.717, 1.165) is 22.7 Å². The monoisotopic (exact) mass is 257 g/mol. The first-order valence-corrected chi connectivity index (χ1v) is 5.97. The fourth-order valence-corrected chi connectivity index (χ4v) is 2.28. The maximum atomic E-state index is 5.88. The minimum Gasteiger partial charge on any atom is -0.497 e. The molecule has 3 rings (SSSR count). The highest BCUT2D eigenvalue weighted by Gasteiger charge is 2.24. The summed E-state index contributed by atoms with van der Waals surface area (Å²) in [6, 6.07) is 7.89. The van der Waals surface area contributed by atoms with Gasteiger partial charge in [0, 0.05) is 17.8 Å². The molecule has 0 fully saturated rings. The van der Waals surface area contributed by atoms with Crippen molar-refractivity contribution in [2.75, 3.05) is 23.5 Å². The lowest BCUT2D eigenvalue weighted by atomic mass is 10.2. The maximum Gasteiger partial charge on any atom is 0.222 e. The molecule has 0 aliphatic carbocycles. The molecule has 2 aromatic rings. The highest BCUT2D eigenvalue weighted by molar-refractivity contribution is 5.57. The molecule has 6 heteroatoms. The Bertz CT molecular complexity index is 611. The predicted octanol–water partition coefficient (Wildman–Crippen LogP) is 1.17. The molecule has 19 heavy (non-hydrogen) atoms. The molecule has 0 saturated carbocycles. The van der Waals surface area contributed by atoms with Crippen molar-refractivity contribution in [2.45, 2.75) is 13.1 Å². The third-order valence-corrected chi connectivity index (χ3v) is 3.27. The van der Waals surface area contributed by atoms with Gasteiger partial charge in [-0.2, -0.15) is 4.98 Å². The summed E-state index contributed by atoms with van der Waals surface area (Å²) in [7, 11) is 1.65. The summed E-state index contributed by atoms with van der Waals surface area (Å²) in [5.41, 5.74) is 14.5. The molecule has 0 bridgehead atoms. The van der Waals surface area contributed by atoms with Crippen molar-refractivity contribution in [3.05, 3.63) is 35.5 Å². The molecule has 0 saturated heterocycles. The minimum atomic E-state index is 0.229. The normalized spacial score (nSPS) is 13.4. The van der Waals surface area contributed by atoms with Crippen molar-refractivity contribution >= 4 is 17.5 Å². The number of rotatable bonds is 2. The van der Waals surface area contributed by atoms with Crippen LogP contribution in [0.1, 0.15) is 11.3 Å². The van der Waals surface area contributed by atoms with Crippen molar-refractivity contribution in [3.8, 4) is 5.75 Å². The van der Waals surface area contributed by atoms with Crippen LogP contribution in [-0.2, 0) is 13.1 Å². The first-order valence-electron chi connectivity index (χ1n) is 5.97. The number of methoxy groups -OCH3 is 1. The second-order valence-electron chi connectivity index (χ2n) is 4.45. The number of nitrogens with zero attached hydrogens (tertiary/aromatic N) is 3. The van der Waals surface area contributed by atoms with Gasteiger partial charge in [-0.25, -0.2) is 4.98 Å². The SMILES string of the molecule is COc1ccc(N2Cc3nc(N)nc(N)c3C2)cc1. The molecule has 2 heterocycles. The maximum absolute atomic E-state index is 5.88. The number of ether oxygens (including phenoxy) is 1. The van der Waals surface area contributed by atoms with E-state index >= 15 is 0 Å². The van der Waals surface area contributed by atoms with Crippen LogP contribution in [0.2, 0.25) is 0 Å². The number of aromatic nitrogens is 2. The van der Waals surface area contributed by atoms with Gasteiger partial charge in [-0.1, -0.05) is 0 Å². The molecule has 4 N–H and O–H groups in total. The van der Waals surface area contributed by atoms with Crippen LogP contribution < -0.4 is 21.1 Å². The van der Waals surface area contributed by atoms with E-state index in [2.05, 4.69) is 14.9 Å². The van der Waals surface area contributed by atoms with E-state index in [9.17, 15) is 0 Å². The van der Waals surface area contributed by atoms with Gasteiger partial charge >= 0.3 is 0 Å². The molecule has 0 amide bonds. The third-order valence-electron chi connectivity index (χ3n) is 3.27. The van der Waals surface area contributed by atoms with Crippen LogP contribution in [0.5, 0.6) is 5.75 Å². The Morgan fingerprint density at radius 2 is 1.84 bits per heavy atom. The number of fused-ring (bicyclic) bond motifs is 1. The summed E-state index contributed by atoms with van der Waals surface area (Å²) >= 11 is 0. The molecule has 6 nitrogen and oxygen atoms in total. The fourth-order valence-electron chi connectivity index (χ4n) is 2.28. The molecule has 1 aliphatic rings. The van der Waals surface area contributed by atoms with E-state index in [4.69, 9.17) is 16.2 Å². The minimum absolute atomic E-state index is 0.229. The van der Waals surface area contributed by atoms with E-state index < -0.39 is 0 Å². The Morgan fingerprint density at radius 3 is 2.53 bits per heavy atom. The van der Waals surface area contributed by atoms with Crippen LogP contribution in [0, 0.1) is 0 Å². The lowest BCUT2D eigenvalue weighted by Gasteiger charge is -2.17. The van der Waals surface area contributed by atoms with Crippen molar-refractivity contribution in [2.24, 2.45) is 0 Å². The van der Waals surface area contributed by atoms with Gasteiger partial charge in [0.2, 0.25) is 5.95 Å². The summed E-state index contributed by atoms with van der Waals surface area (Å²) in [6.07, 6.45) is 0. The summed E-state index contributed by atoms with van der Waals surface area (Å²) < 4.78 is 5.15. The lowest BCUT2D eigenvalue weighted by Crippen LogP contribution is -2.14. The third kappa shape index (κ3) is 2.01. The van der Waals surface area contributed by atoms with Gasteiger partial charge in [-0.05, 0) is 24.3 Å². The van der Waals surface area contributed by atoms with Gasteiger partial charge in [0.05, 0.1) is 19.3 Å². The largest absolute Gasteiger partial charge is 0.497 e. The summed E-state index contributed by atoms with van der Waals surface area (Å²) in [6.45, 7) is 1.40. The number of nitrogens with two attached hydrogens (primary N) is 2. The standard InChI is InChI=1S/C13H15N5O/c1-19-9-4-2-8(3-5-9)18-6-10-11(7-18)16-13(15)17-12(10)14/h2-5H,6-7H2,1H3,(H4,14,15,16,17). The summed E-state index contributed by atoms with van der Waals surface area (Å²) in [5, 5.41) is 0. The topological polar surface area (TPSA) is 90.3 Å². The van der Waals surface area contributed by atoms with Gasteiger partial charge in [-0.15, -0.1) is 0 Å². The first-order chi connectivity index (χ1) is 9.17. The lowest BCUT2D eigenvalue weighted by molar-refractivity contribution is 0.415. The van der Waals surface area contributed by atoms with Gasteiger partial charge in [0.15, 0.2) is 0 Å². The number of benzene rings is 1. The van der Waals surface area contributed by atoms with E-state index in [-0.39, 0.29) is 5.95 Å². The van der Waals surface area contributed by atoms with Crippen LogP contribution in [-0.4, -0.2) is 17.1 Å². The Labute approximate surface area is 111 Å². The van der Waals surface area contributed by atoms with Crippen LogP contribution in [0.25, 0.3) is 0 Å². The molecule has 1 aromatic carbocycles. The van der Waals surface area contributed by atoms with E-state index in [1.54, 1.807) is 7.11 Å². The molecule has 1 aromatic heterocycles. The highest BCUT2D eigenvalue weighted by Crippen LogP contribution is 2.30. The van der Waals surface area contributed by atoms with Gasteiger partial charge in [0.25, 0.3) is 0 Å². The fraction of sp³-hybridized carbons (Fsp3) is 0.231. The number of hydrogen-bond donors (Lipinski definition) is 2. The zero-order valence-electron chi connectivity index (χ0n) is 10.6. The summed E-state index contributed by atoms with van der Waals surface area (Å²) in [4.78, 5) is 10.4. The molecular weight excluding hydrogens is 242 g/mol. The van der Waals surface area contributed by atoms with Crippen LogP contribution >= 0.6 is 0 Å².